The molecule has 3 heteroatoms. The van der Waals surface area contributed by atoms with E-state index in [9.17, 15) is 5.26 Å². The molecule has 14 heavy (non-hydrogen) atoms. The van der Waals surface area contributed by atoms with Gasteiger partial charge in [0, 0.05) is 19.6 Å². The maximum Gasteiger partial charge on any atom is 0.108 e. The minimum Gasteiger partial charge on any atom is -0.315 e. The van der Waals surface area contributed by atoms with E-state index < -0.39 is 0 Å². The van der Waals surface area contributed by atoms with E-state index in [1.807, 2.05) is 0 Å². The average molecular weight is 195 g/mol. The van der Waals surface area contributed by atoms with Crippen LogP contribution in [0, 0.1) is 11.3 Å². The fraction of sp³-hybridized carbons (Fsp3) is 0.909. The van der Waals surface area contributed by atoms with Crippen LogP contribution in [0.2, 0.25) is 0 Å². The maximum atomic E-state index is 9.31. The minimum absolute atomic E-state index is 0.216. The van der Waals surface area contributed by atoms with E-state index in [4.69, 9.17) is 0 Å². The quantitative estimate of drug-likeness (QED) is 0.739. The molecular formula is C11H21N3. The molecule has 1 N–H and O–H groups in total. The molecule has 0 unspecified atom stereocenters. The summed E-state index contributed by atoms with van der Waals surface area (Å²) >= 11 is 0. The summed E-state index contributed by atoms with van der Waals surface area (Å²) in [6.45, 7) is 8.41. The molecule has 0 spiro atoms. The normalized spacial score (nSPS) is 20.1. The summed E-state index contributed by atoms with van der Waals surface area (Å²) in [7, 11) is 0. The third kappa shape index (κ3) is 2.26. The van der Waals surface area contributed by atoms with E-state index in [1.165, 1.54) is 0 Å². The second-order valence-electron chi connectivity index (χ2n) is 3.94. The number of hydrogen-bond acceptors (Lipinski definition) is 3. The van der Waals surface area contributed by atoms with Crippen LogP contribution in [-0.4, -0.2) is 36.6 Å². The molecule has 1 rings (SSSR count). The third-order valence-electron chi connectivity index (χ3n) is 3.32. The Morgan fingerprint density at radius 1 is 1.29 bits per heavy atom. The van der Waals surface area contributed by atoms with E-state index in [1.54, 1.807) is 0 Å². The highest BCUT2D eigenvalue weighted by atomic mass is 15.2. The predicted molar refractivity (Wildman–Crippen MR) is 58.0 cm³/mol. The summed E-state index contributed by atoms with van der Waals surface area (Å²) in [5, 5.41) is 12.7. The number of hydrogen-bond donors (Lipinski definition) is 1. The molecule has 1 saturated heterocycles. The van der Waals surface area contributed by atoms with Gasteiger partial charge < -0.3 is 5.32 Å². The van der Waals surface area contributed by atoms with Gasteiger partial charge in [-0.2, -0.15) is 5.26 Å². The first-order valence-corrected chi connectivity index (χ1v) is 5.66. The third-order valence-corrected chi connectivity index (χ3v) is 3.32. The van der Waals surface area contributed by atoms with Gasteiger partial charge >= 0.3 is 0 Å². The highest BCUT2D eigenvalue weighted by molar-refractivity contribution is 5.07. The first-order valence-electron chi connectivity index (χ1n) is 5.66. The zero-order chi connectivity index (χ0) is 10.4. The molecule has 1 aliphatic rings. The SMILES string of the molecule is CCC(C#N)(CC)N1CCCNCC1. The lowest BCUT2D eigenvalue weighted by atomic mass is 9.92. The van der Waals surface area contributed by atoms with Crippen molar-refractivity contribution >= 4 is 0 Å². The maximum absolute atomic E-state index is 9.31. The van der Waals surface area contributed by atoms with Gasteiger partial charge in [-0.3, -0.25) is 4.90 Å². The Labute approximate surface area is 87.1 Å². The van der Waals surface area contributed by atoms with Crippen molar-refractivity contribution in [1.29, 1.82) is 5.26 Å². The zero-order valence-electron chi connectivity index (χ0n) is 9.34. The fourth-order valence-corrected chi connectivity index (χ4v) is 2.20. The molecule has 0 atom stereocenters. The van der Waals surface area contributed by atoms with Gasteiger partial charge in [0.05, 0.1) is 6.07 Å². The van der Waals surface area contributed by atoms with Crippen LogP contribution >= 0.6 is 0 Å². The van der Waals surface area contributed by atoms with Crippen LogP contribution in [0.15, 0.2) is 0 Å². The molecule has 0 bridgehead atoms. The topological polar surface area (TPSA) is 39.1 Å². The summed E-state index contributed by atoms with van der Waals surface area (Å²) in [6, 6.07) is 2.51. The average Bonchev–Trinajstić information content (AvgIpc) is 2.51. The highest BCUT2D eigenvalue weighted by Crippen LogP contribution is 2.23. The van der Waals surface area contributed by atoms with Crippen molar-refractivity contribution < 1.29 is 0 Å². The van der Waals surface area contributed by atoms with Crippen molar-refractivity contribution in [2.45, 2.75) is 38.6 Å². The van der Waals surface area contributed by atoms with Crippen LogP contribution in [0.3, 0.4) is 0 Å². The molecule has 3 nitrogen and oxygen atoms in total. The van der Waals surface area contributed by atoms with E-state index in [0.29, 0.717) is 0 Å². The lowest BCUT2D eigenvalue weighted by Gasteiger charge is -2.36. The standard InChI is InChI=1S/C11H21N3/c1-3-11(4-2,10-12)14-8-5-6-13-7-9-14/h13H,3-9H2,1-2H3. The van der Waals surface area contributed by atoms with Crippen LogP contribution in [-0.2, 0) is 0 Å². The van der Waals surface area contributed by atoms with Gasteiger partial charge in [-0.15, -0.1) is 0 Å². The minimum atomic E-state index is -0.216. The lowest BCUT2D eigenvalue weighted by molar-refractivity contribution is 0.136. The Kier molecular flexibility index (Phi) is 4.37. The van der Waals surface area contributed by atoms with Gasteiger partial charge in [0.2, 0.25) is 0 Å². The Bertz CT molecular complexity index is 195. The van der Waals surface area contributed by atoms with Gasteiger partial charge in [0.1, 0.15) is 5.54 Å². The lowest BCUT2D eigenvalue weighted by Crippen LogP contribution is -2.48. The summed E-state index contributed by atoms with van der Waals surface area (Å²) in [5.74, 6) is 0. The number of rotatable bonds is 3. The van der Waals surface area contributed by atoms with Gasteiger partial charge in [-0.25, -0.2) is 0 Å². The van der Waals surface area contributed by atoms with Crippen molar-refractivity contribution in [3.8, 4) is 6.07 Å². The van der Waals surface area contributed by atoms with Crippen molar-refractivity contribution in [3.63, 3.8) is 0 Å². The summed E-state index contributed by atoms with van der Waals surface area (Å²) < 4.78 is 0. The smallest absolute Gasteiger partial charge is 0.108 e. The molecule has 0 aromatic heterocycles. The number of nitriles is 1. The molecule has 1 fully saturated rings. The number of nitrogens with zero attached hydrogens (tertiary/aromatic N) is 2. The Morgan fingerprint density at radius 2 is 2.00 bits per heavy atom. The van der Waals surface area contributed by atoms with E-state index in [-0.39, 0.29) is 5.54 Å². The van der Waals surface area contributed by atoms with Gasteiger partial charge in [-0.1, -0.05) is 13.8 Å². The molecule has 1 heterocycles. The molecular weight excluding hydrogens is 174 g/mol. The summed E-state index contributed by atoms with van der Waals surface area (Å²) in [5.41, 5.74) is -0.216. The van der Waals surface area contributed by atoms with Crippen LogP contribution in [0.1, 0.15) is 33.1 Å². The zero-order valence-corrected chi connectivity index (χ0v) is 9.34. The van der Waals surface area contributed by atoms with Crippen molar-refractivity contribution in [1.82, 2.24) is 10.2 Å². The number of nitrogens with one attached hydrogen (secondary N) is 1. The summed E-state index contributed by atoms with van der Waals surface area (Å²) in [6.07, 6.45) is 3.02. The van der Waals surface area contributed by atoms with Gasteiger partial charge in [0.25, 0.3) is 0 Å². The van der Waals surface area contributed by atoms with Crippen molar-refractivity contribution in [3.05, 3.63) is 0 Å². The molecule has 0 aromatic carbocycles. The van der Waals surface area contributed by atoms with Crippen LogP contribution < -0.4 is 5.32 Å². The second-order valence-corrected chi connectivity index (χ2v) is 3.94. The van der Waals surface area contributed by atoms with E-state index >= 15 is 0 Å². The van der Waals surface area contributed by atoms with E-state index in [2.05, 4.69) is 30.1 Å². The molecule has 1 aliphatic heterocycles. The van der Waals surface area contributed by atoms with Crippen LogP contribution in [0.4, 0.5) is 0 Å². The monoisotopic (exact) mass is 195 g/mol. The van der Waals surface area contributed by atoms with Crippen molar-refractivity contribution in [2.75, 3.05) is 26.2 Å². The van der Waals surface area contributed by atoms with Gasteiger partial charge in [0.15, 0.2) is 0 Å². The molecule has 0 aromatic rings. The first-order chi connectivity index (χ1) is 6.79. The molecule has 80 valence electrons. The Hall–Kier alpha value is -0.590. The molecule has 0 radical (unpaired) electrons. The van der Waals surface area contributed by atoms with Crippen molar-refractivity contribution in [2.24, 2.45) is 0 Å². The van der Waals surface area contributed by atoms with E-state index in [0.717, 1.165) is 45.4 Å². The largest absolute Gasteiger partial charge is 0.315 e. The first kappa shape index (κ1) is 11.5. The Morgan fingerprint density at radius 3 is 2.57 bits per heavy atom. The van der Waals surface area contributed by atoms with Gasteiger partial charge in [-0.05, 0) is 25.8 Å². The highest BCUT2D eigenvalue weighted by Gasteiger charge is 2.33. The molecule has 0 aliphatic carbocycles. The second kappa shape index (κ2) is 5.33. The Balaban J connectivity index is 2.70. The van der Waals surface area contributed by atoms with Crippen LogP contribution in [0.5, 0.6) is 0 Å². The fourth-order valence-electron chi connectivity index (χ4n) is 2.20. The summed E-state index contributed by atoms with van der Waals surface area (Å²) in [4.78, 5) is 2.35. The molecule has 0 amide bonds. The van der Waals surface area contributed by atoms with Crippen LogP contribution in [0.25, 0.3) is 0 Å². The predicted octanol–water partition coefficient (Wildman–Crippen LogP) is 1.36. The molecule has 0 saturated carbocycles.